The second-order valence-corrected chi connectivity index (χ2v) is 8.88. The molecule has 1 rings (SSSR count). The van der Waals surface area contributed by atoms with Crippen LogP contribution in [0.15, 0.2) is 30.3 Å². The highest BCUT2D eigenvalue weighted by atomic mass is 31.1. The van der Waals surface area contributed by atoms with Gasteiger partial charge in [-0.25, -0.2) is 0 Å². The van der Waals surface area contributed by atoms with E-state index in [2.05, 4.69) is 43.9 Å². The Kier molecular flexibility index (Phi) is 11.9. The van der Waals surface area contributed by atoms with Gasteiger partial charge in [0.1, 0.15) is 0 Å². The van der Waals surface area contributed by atoms with Crippen molar-refractivity contribution in [3.05, 3.63) is 35.9 Å². The molecule has 0 bridgehead atoms. The summed E-state index contributed by atoms with van der Waals surface area (Å²) in [6.07, 6.45) is 17.2. The monoisotopic (exact) mass is 306 g/mol. The molecule has 0 aliphatic carbocycles. The SMILES string of the molecule is CCCCCCCCCCCCP(C)Cc1ccccc1. The molecule has 0 heterocycles. The van der Waals surface area contributed by atoms with Crippen LogP contribution < -0.4 is 0 Å². The molecule has 1 heteroatoms. The Hall–Kier alpha value is -0.350. The van der Waals surface area contributed by atoms with Gasteiger partial charge in [0.15, 0.2) is 0 Å². The van der Waals surface area contributed by atoms with Crippen molar-refractivity contribution < 1.29 is 0 Å². The van der Waals surface area contributed by atoms with E-state index in [4.69, 9.17) is 0 Å². The first-order valence-electron chi connectivity index (χ1n) is 9.05. The minimum Gasteiger partial charge on any atom is -0.105 e. The zero-order chi connectivity index (χ0) is 15.2. The summed E-state index contributed by atoms with van der Waals surface area (Å²) in [6.45, 7) is 4.76. The number of rotatable bonds is 13. The van der Waals surface area contributed by atoms with E-state index >= 15 is 0 Å². The average Bonchev–Trinajstić information content (AvgIpc) is 2.50. The lowest BCUT2D eigenvalue weighted by Crippen LogP contribution is -1.89. The van der Waals surface area contributed by atoms with E-state index in [0.29, 0.717) is 0 Å². The third kappa shape index (κ3) is 10.9. The molecule has 0 aromatic heterocycles. The lowest BCUT2D eigenvalue weighted by molar-refractivity contribution is 0.563. The summed E-state index contributed by atoms with van der Waals surface area (Å²) in [5.74, 6) is 0. The first-order chi connectivity index (χ1) is 10.3. The first kappa shape index (κ1) is 18.7. The van der Waals surface area contributed by atoms with Gasteiger partial charge in [0, 0.05) is 0 Å². The van der Waals surface area contributed by atoms with Crippen molar-refractivity contribution in [1.29, 1.82) is 0 Å². The van der Waals surface area contributed by atoms with E-state index in [1.54, 1.807) is 0 Å². The molecule has 0 aliphatic heterocycles. The second-order valence-electron chi connectivity index (χ2n) is 6.41. The van der Waals surface area contributed by atoms with Gasteiger partial charge in [0.2, 0.25) is 0 Å². The van der Waals surface area contributed by atoms with Crippen LogP contribution in [0, 0.1) is 0 Å². The van der Waals surface area contributed by atoms with Crippen LogP contribution in [0.3, 0.4) is 0 Å². The Labute approximate surface area is 134 Å². The zero-order valence-electron chi connectivity index (χ0n) is 14.3. The van der Waals surface area contributed by atoms with E-state index in [1.807, 2.05) is 0 Å². The molecule has 0 saturated heterocycles. The normalized spacial score (nSPS) is 12.5. The molecule has 21 heavy (non-hydrogen) atoms. The Morgan fingerprint density at radius 2 is 1.24 bits per heavy atom. The van der Waals surface area contributed by atoms with E-state index in [-0.39, 0.29) is 7.92 Å². The second kappa shape index (κ2) is 13.3. The number of hydrogen-bond donors (Lipinski definition) is 0. The Bertz CT molecular complexity index is 320. The summed E-state index contributed by atoms with van der Waals surface area (Å²) >= 11 is 0. The smallest absolute Gasteiger partial charge is 0.00756 e. The number of unbranched alkanes of at least 4 members (excludes halogenated alkanes) is 9. The van der Waals surface area contributed by atoms with Crippen molar-refractivity contribution in [2.45, 2.75) is 77.3 Å². The van der Waals surface area contributed by atoms with Gasteiger partial charge in [-0.05, 0) is 31.0 Å². The Morgan fingerprint density at radius 3 is 1.81 bits per heavy atom. The third-order valence-corrected chi connectivity index (χ3v) is 6.17. The van der Waals surface area contributed by atoms with Crippen molar-refractivity contribution in [3.8, 4) is 0 Å². The maximum Gasteiger partial charge on any atom is -0.00756 e. The van der Waals surface area contributed by atoms with Crippen LogP contribution in [0.1, 0.15) is 76.7 Å². The van der Waals surface area contributed by atoms with Crippen molar-refractivity contribution in [2.24, 2.45) is 0 Å². The highest BCUT2D eigenvalue weighted by Crippen LogP contribution is 2.36. The van der Waals surface area contributed by atoms with Crippen molar-refractivity contribution in [3.63, 3.8) is 0 Å². The maximum atomic E-state index is 2.47. The molecule has 0 aliphatic rings. The highest BCUT2D eigenvalue weighted by molar-refractivity contribution is 7.55. The molecule has 0 nitrogen and oxygen atoms in total. The molecule has 0 spiro atoms. The molecule has 0 N–H and O–H groups in total. The van der Waals surface area contributed by atoms with Crippen molar-refractivity contribution in [2.75, 3.05) is 12.8 Å². The minimum atomic E-state index is 0.209. The van der Waals surface area contributed by atoms with Crippen LogP contribution in [0.4, 0.5) is 0 Å². The predicted molar refractivity (Wildman–Crippen MR) is 99.7 cm³/mol. The summed E-state index contributed by atoms with van der Waals surface area (Å²) in [5.41, 5.74) is 1.53. The van der Waals surface area contributed by atoms with Crippen LogP contribution >= 0.6 is 7.92 Å². The molecule has 120 valence electrons. The van der Waals surface area contributed by atoms with Gasteiger partial charge in [-0.2, -0.15) is 0 Å². The van der Waals surface area contributed by atoms with Crippen LogP contribution in [-0.2, 0) is 6.16 Å². The van der Waals surface area contributed by atoms with Gasteiger partial charge in [-0.15, -0.1) is 7.92 Å². The summed E-state index contributed by atoms with van der Waals surface area (Å²) in [7, 11) is 0.209. The highest BCUT2D eigenvalue weighted by Gasteiger charge is 2.02. The fourth-order valence-corrected chi connectivity index (χ4v) is 4.60. The molecule has 1 atom stereocenters. The fourth-order valence-electron chi connectivity index (χ4n) is 2.84. The predicted octanol–water partition coefficient (Wildman–Crippen LogP) is 7.22. The van der Waals surface area contributed by atoms with E-state index in [9.17, 15) is 0 Å². The third-order valence-electron chi connectivity index (χ3n) is 4.19. The number of hydrogen-bond acceptors (Lipinski definition) is 0. The Morgan fingerprint density at radius 1 is 0.714 bits per heavy atom. The minimum absolute atomic E-state index is 0.209. The first-order valence-corrected chi connectivity index (χ1v) is 11.2. The molecule has 0 amide bonds. The fraction of sp³-hybridized carbons (Fsp3) is 0.700. The van der Waals surface area contributed by atoms with Crippen LogP contribution in [-0.4, -0.2) is 12.8 Å². The lowest BCUT2D eigenvalue weighted by Gasteiger charge is -2.12. The summed E-state index contributed by atoms with van der Waals surface area (Å²) in [4.78, 5) is 0. The van der Waals surface area contributed by atoms with E-state index in [0.717, 1.165) is 0 Å². The average molecular weight is 306 g/mol. The van der Waals surface area contributed by atoms with Crippen molar-refractivity contribution in [1.82, 2.24) is 0 Å². The summed E-state index contributed by atoms with van der Waals surface area (Å²) in [5, 5.41) is 0. The van der Waals surface area contributed by atoms with Gasteiger partial charge < -0.3 is 0 Å². The lowest BCUT2D eigenvalue weighted by atomic mass is 10.1. The van der Waals surface area contributed by atoms with Crippen LogP contribution in [0.5, 0.6) is 0 Å². The molecule has 0 saturated carbocycles. The maximum absolute atomic E-state index is 2.47. The molecule has 0 radical (unpaired) electrons. The molecule has 1 aromatic rings. The standard InChI is InChI=1S/C20H35P/c1-3-4-5-6-7-8-9-10-11-15-18-21(2)19-20-16-13-12-14-17-20/h12-14,16-17H,3-11,15,18-19H2,1-2H3. The van der Waals surface area contributed by atoms with Gasteiger partial charge in [0.05, 0.1) is 0 Å². The van der Waals surface area contributed by atoms with Crippen molar-refractivity contribution >= 4 is 7.92 Å². The topological polar surface area (TPSA) is 0 Å². The van der Waals surface area contributed by atoms with E-state index < -0.39 is 0 Å². The molecular weight excluding hydrogens is 271 g/mol. The van der Waals surface area contributed by atoms with Gasteiger partial charge >= 0.3 is 0 Å². The largest absolute Gasteiger partial charge is 0.105 e. The van der Waals surface area contributed by atoms with Gasteiger partial charge in [-0.3, -0.25) is 0 Å². The van der Waals surface area contributed by atoms with E-state index in [1.165, 1.54) is 82.1 Å². The molecule has 1 unspecified atom stereocenters. The number of benzene rings is 1. The van der Waals surface area contributed by atoms with Crippen LogP contribution in [0.2, 0.25) is 0 Å². The molecular formula is C20H35P. The Balaban J connectivity index is 1.87. The molecule has 0 fully saturated rings. The quantitative estimate of drug-likeness (QED) is 0.266. The molecule has 1 aromatic carbocycles. The summed E-state index contributed by atoms with van der Waals surface area (Å²) in [6, 6.07) is 11.0. The van der Waals surface area contributed by atoms with Gasteiger partial charge in [-0.1, -0.05) is 95.0 Å². The summed E-state index contributed by atoms with van der Waals surface area (Å²) < 4.78 is 0. The van der Waals surface area contributed by atoms with Gasteiger partial charge in [0.25, 0.3) is 0 Å². The van der Waals surface area contributed by atoms with Crippen LogP contribution in [0.25, 0.3) is 0 Å². The zero-order valence-corrected chi connectivity index (χ0v) is 15.2.